The molecule has 1 aromatic rings. The lowest BCUT2D eigenvalue weighted by atomic mass is 9.98. The molecular weight excluding hydrogens is 260 g/mol. The minimum atomic E-state index is 0. The molecule has 2 N–H and O–H groups in total. The van der Waals surface area contributed by atoms with E-state index in [0.717, 1.165) is 16.8 Å². The third-order valence-corrected chi connectivity index (χ3v) is 3.30. The summed E-state index contributed by atoms with van der Waals surface area (Å²) in [6.45, 7) is 12.7. The van der Waals surface area contributed by atoms with Crippen molar-refractivity contribution in [3.05, 3.63) is 28.3 Å². The lowest BCUT2D eigenvalue weighted by molar-refractivity contribution is -0.115. The van der Waals surface area contributed by atoms with Crippen molar-refractivity contribution in [1.82, 2.24) is 5.32 Å². The summed E-state index contributed by atoms with van der Waals surface area (Å²) >= 11 is 0. The number of hydrogen-bond acceptors (Lipinski definition) is 2. The number of halogens is 1. The Bertz CT molecular complexity index is 430. The van der Waals surface area contributed by atoms with Gasteiger partial charge >= 0.3 is 0 Å². The van der Waals surface area contributed by atoms with Crippen molar-refractivity contribution >= 4 is 24.0 Å². The Morgan fingerprint density at radius 3 is 2.00 bits per heavy atom. The molecule has 0 atom stereocenters. The van der Waals surface area contributed by atoms with Crippen LogP contribution >= 0.6 is 12.4 Å². The quantitative estimate of drug-likeness (QED) is 0.891. The number of carbonyl (C=O) groups excluding carboxylic acids is 1. The summed E-state index contributed by atoms with van der Waals surface area (Å²) in [4.78, 5) is 11.9. The highest BCUT2D eigenvalue weighted by atomic mass is 35.5. The number of nitrogens with one attached hydrogen (secondary N) is 2. The molecule has 4 heteroatoms. The summed E-state index contributed by atoms with van der Waals surface area (Å²) < 4.78 is 0. The lowest BCUT2D eigenvalue weighted by Crippen LogP contribution is -2.33. The van der Waals surface area contributed by atoms with E-state index in [1.54, 1.807) is 0 Å². The van der Waals surface area contributed by atoms with Crippen molar-refractivity contribution < 1.29 is 4.79 Å². The molecule has 0 saturated carbocycles. The predicted molar refractivity (Wildman–Crippen MR) is 84.4 cm³/mol. The predicted octanol–water partition coefficient (Wildman–Crippen LogP) is 3.28. The van der Waals surface area contributed by atoms with Gasteiger partial charge in [0, 0.05) is 11.7 Å². The molecule has 0 heterocycles. The molecule has 0 aromatic heterocycles. The number of rotatable bonds is 4. The van der Waals surface area contributed by atoms with Gasteiger partial charge in [0.05, 0.1) is 6.54 Å². The van der Waals surface area contributed by atoms with E-state index in [1.165, 1.54) is 11.1 Å². The summed E-state index contributed by atoms with van der Waals surface area (Å²) in [5.74, 6) is 0.0138. The summed E-state index contributed by atoms with van der Waals surface area (Å²) in [6, 6.07) is 2.48. The second kappa shape index (κ2) is 7.51. The molecule has 0 saturated heterocycles. The van der Waals surface area contributed by atoms with Crippen molar-refractivity contribution in [3.8, 4) is 0 Å². The van der Waals surface area contributed by atoms with Gasteiger partial charge in [-0.25, -0.2) is 0 Å². The molecule has 3 nitrogen and oxygen atoms in total. The maximum absolute atomic E-state index is 11.9. The highest BCUT2D eigenvalue weighted by molar-refractivity contribution is 5.94. The smallest absolute Gasteiger partial charge is 0.238 e. The Morgan fingerprint density at radius 1 is 1.11 bits per heavy atom. The van der Waals surface area contributed by atoms with E-state index in [-0.39, 0.29) is 18.3 Å². The largest absolute Gasteiger partial charge is 0.324 e. The molecule has 0 spiro atoms. The maximum Gasteiger partial charge on any atom is 0.238 e. The Hall–Kier alpha value is -1.06. The zero-order chi connectivity index (χ0) is 13.9. The molecule has 1 amide bonds. The minimum Gasteiger partial charge on any atom is -0.324 e. The van der Waals surface area contributed by atoms with E-state index < -0.39 is 0 Å². The van der Waals surface area contributed by atoms with Gasteiger partial charge in [-0.05, 0) is 49.9 Å². The highest BCUT2D eigenvalue weighted by Crippen LogP contribution is 2.26. The van der Waals surface area contributed by atoms with Crippen LogP contribution in [0.5, 0.6) is 0 Å². The number of hydrogen-bond donors (Lipinski definition) is 2. The fourth-order valence-corrected chi connectivity index (χ4v) is 1.88. The van der Waals surface area contributed by atoms with Gasteiger partial charge in [-0.1, -0.05) is 19.9 Å². The standard InChI is InChI=1S/C15H24N2O.ClH/c1-9(2)16-8-14(18)17-15-12(5)10(3)7-11(4)13(15)6;/h7,9,16H,8H2,1-6H3,(H,17,18);1H. The number of benzene rings is 1. The van der Waals surface area contributed by atoms with Gasteiger partial charge in [0.1, 0.15) is 0 Å². The van der Waals surface area contributed by atoms with Crippen LogP contribution in [-0.4, -0.2) is 18.5 Å². The molecular formula is C15H25ClN2O. The number of anilines is 1. The zero-order valence-electron chi connectivity index (χ0n) is 12.7. The first-order valence-corrected chi connectivity index (χ1v) is 6.43. The van der Waals surface area contributed by atoms with Crippen LogP contribution in [0.1, 0.15) is 36.1 Å². The molecule has 1 rings (SSSR count). The molecule has 0 aliphatic carbocycles. The van der Waals surface area contributed by atoms with Crippen LogP contribution in [0.2, 0.25) is 0 Å². The topological polar surface area (TPSA) is 41.1 Å². The second-order valence-corrected chi connectivity index (χ2v) is 5.22. The molecule has 108 valence electrons. The van der Waals surface area contributed by atoms with Crippen molar-refractivity contribution in [2.75, 3.05) is 11.9 Å². The van der Waals surface area contributed by atoms with E-state index in [4.69, 9.17) is 0 Å². The number of aryl methyl sites for hydroxylation is 2. The average Bonchev–Trinajstić information content (AvgIpc) is 2.29. The first-order valence-electron chi connectivity index (χ1n) is 6.43. The number of amides is 1. The van der Waals surface area contributed by atoms with Gasteiger partial charge in [-0.3, -0.25) is 4.79 Å². The van der Waals surface area contributed by atoms with Gasteiger partial charge in [0.15, 0.2) is 0 Å². The fourth-order valence-electron chi connectivity index (χ4n) is 1.88. The Kier molecular flexibility index (Phi) is 7.09. The molecule has 19 heavy (non-hydrogen) atoms. The van der Waals surface area contributed by atoms with E-state index in [1.807, 2.05) is 27.7 Å². The summed E-state index contributed by atoms with van der Waals surface area (Å²) in [5, 5.41) is 6.14. The molecule has 0 aliphatic heterocycles. The van der Waals surface area contributed by atoms with Crippen molar-refractivity contribution in [3.63, 3.8) is 0 Å². The van der Waals surface area contributed by atoms with Crippen LogP contribution in [0.4, 0.5) is 5.69 Å². The second-order valence-electron chi connectivity index (χ2n) is 5.22. The Morgan fingerprint density at radius 2 is 1.58 bits per heavy atom. The van der Waals surface area contributed by atoms with Crippen molar-refractivity contribution in [2.24, 2.45) is 0 Å². The van der Waals surface area contributed by atoms with Crippen molar-refractivity contribution in [2.45, 2.75) is 47.6 Å². The van der Waals surface area contributed by atoms with Crippen LogP contribution in [0.3, 0.4) is 0 Å². The SMILES string of the molecule is Cc1cc(C)c(C)c(NC(=O)CNC(C)C)c1C.Cl. The fraction of sp³-hybridized carbons (Fsp3) is 0.533. The van der Waals surface area contributed by atoms with E-state index in [2.05, 4.69) is 30.5 Å². The minimum absolute atomic E-state index is 0. The van der Waals surface area contributed by atoms with Crippen LogP contribution in [-0.2, 0) is 4.79 Å². The molecule has 1 aromatic carbocycles. The first kappa shape index (κ1) is 17.9. The van der Waals surface area contributed by atoms with Gasteiger partial charge in [-0.15, -0.1) is 12.4 Å². The van der Waals surface area contributed by atoms with Crippen LogP contribution in [0.15, 0.2) is 6.07 Å². The molecule has 0 aliphatic rings. The van der Waals surface area contributed by atoms with Gasteiger partial charge in [0.2, 0.25) is 5.91 Å². The summed E-state index contributed by atoms with van der Waals surface area (Å²) in [5.41, 5.74) is 5.69. The molecule has 0 unspecified atom stereocenters. The molecule has 0 fully saturated rings. The van der Waals surface area contributed by atoms with Crippen LogP contribution in [0.25, 0.3) is 0 Å². The summed E-state index contributed by atoms with van der Waals surface area (Å²) in [7, 11) is 0. The van der Waals surface area contributed by atoms with Gasteiger partial charge in [-0.2, -0.15) is 0 Å². The Labute approximate surface area is 122 Å². The highest BCUT2D eigenvalue weighted by Gasteiger charge is 2.11. The molecule has 0 bridgehead atoms. The Balaban J connectivity index is 0.00000324. The number of carbonyl (C=O) groups is 1. The van der Waals surface area contributed by atoms with E-state index in [9.17, 15) is 4.79 Å². The van der Waals surface area contributed by atoms with Gasteiger partial charge < -0.3 is 10.6 Å². The molecule has 0 radical (unpaired) electrons. The zero-order valence-corrected chi connectivity index (χ0v) is 13.5. The first-order chi connectivity index (χ1) is 8.32. The maximum atomic E-state index is 11.9. The van der Waals surface area contributed by atoms with Crippen LogP contribution < -0.4 is 10.6 Å². The van der Waals surface area contributed by atoms with Gasteiger partial charge in [0.25, 0.3) is 0 Å². The van der Waals surface area contributed by atoms with Crippen molar-refractivity contribution in [1.29, 1.82) is 0 Å². The monoisotopic (exact) mass is 284 g/mol. The normalized spacial score (nSPS) is 10.3. The third-order valence-electron chi connectivity index (χ3n) is 3.30. The third kappa shape index (κ3) is 4.84. The van der Waals surface area contributed by atoms with E-state index in [0.29, 0.717) is 12.6 Å². The van der Waals surface area contributed by atoms with E-state index >= 15 is 0 Å². The summed E-state index contributed by atoms with van der Waals surface area (Å²) in [6.07, 6.45) is 0. The lowest BCUT2D eigenvalue weighted by Gasteiger charge is -2.16. The average molecular weight is 285 g/mol. The van der Waals surface area contributed by atoms with Crippen LogP contribution in [0, 0.1) is 27.7 Å².